The van der Waals surface area contributed by atoms with E-state index in [0.29, 0.717) is 0 Å². The molecule has 0 radical (unpaired) electrons. The number of anilines is 2. The minimum Gasteiger partial charge on any atom is -0.280 e. The molecule has 0 unspecified atom stereocenters. The monoisotopic (exact) mass is 360 g/mol. The van der Waals surface area contributed by atoms with Crippen LogP contribution in [0.4, 0.5) is 11.4 Å². The molecule has 0 aliphatic carbocycles. The van der Waals surface area contributed by atoms with Crippen molar-refractivity contribution >= 4 is 32.9 Å². The summed E-state index contributed by atoms with van der Waals surface area (Å²) in [4.78, 5) is 0. The van der Waals surface area contributed by atoms with Crippen LogP contribution in [-0.2, 0) is 0 Å². The number of rotatable bonds is 3. The SMILES string of the molecule is NN(c1ccc(-c2ccccc2)cc1)c1ccc2ccc3ccccc3c2c1. The maximum atomic E-state index is 6.47. The quantitative estimate of drug-likeness (QED) is 0.221. The number of nitrogens with zero attached hydrogens (tertiary/aromatic N) is 1. The number of nitrogens with two attached hydrogens (primary N) is 1. The summed E-state index contributed by atoms with van der Waals surface area (Å²) in [5.74, 6) is 6.47. The first kappa shape index (κ1) is 16.5. The molecule has 0 amide bonds. The molecular weight excluding hydrogens is 340 g/mol. The molecule has 0 bridgehead atoms. The van der Waals surface area contributed by atoms with E-state index in [4.69, 9.17) is 5.84 Å². The molecule has 0 saturated carbocycles. The lowest BCUT2D eigenvalue weighted by Crippen LogP contribution is -2.24. The van der Waals surface area contributed by atoms with Crippen LogP contribution in [0.5, 0.6) is 0 Å². The van der Waals surface area contributed by atoms with Crippen molar-refractivity contribution in [2.75, 3.05) is 5.01 Å². The first-order chi connectivity index (χ1) is 13.8. The maximum absolute atomic E-state index is 6.47. The number of hydrazine groups is 1. The van der Waals surface area contributed by atoms with Gasteiger partial charge in [-0.1, -0.05) is 84.9 Å². The topological polar surface area (TPSA) is 29.3 Å². The summed E-state index contributed by atoms with van der Waals surface area (Å²) >= 11 is 0. The van der Waals surface area contributed by atoms with Gasteiger partial charge in [-0.25, -0.2) is 5.84 Å². The predicted octanol–water partition coefficient (Wildman–Crippen LogP) is 6.67. The second kappa shape index (κ2) is 6.84. The van der Waals surface area contributed by atoms with Crippen LogP contribution in [0.15, 0.2) is 109 Å². The van der Waals surface area contributed by atoms with E-state index in [1.54, 1.807) is 5.01 Å². The second-order valence-electron chi connectivity index (χ2n) is 6.98. The first-order valence-corrected chi connectivity index (χ1v) is 9.41. The molecular formula is C26H20N2. The fraction of sp³-hybridized carbons (Fsp3) is 0. The third kappa shape index (κ3) is 2.90. The van der Waals surface area contributed by atoms with Crippen molar-refractivity contribution < 1.29 is 0 Å². The third-order valence-corrected chi connectivity index (χ3v) is 5.26. The van der Waals surface area contributed by atoms with E-state index in [0.717, 1.165) is 11.4 Å². The van der Waals surface area contributed by atoms with Gasteiger partial charge >= 0.3 is 0 Å². The predicted molar refractivity (Wildman–Crippen MR) is 120 cm³/mol. The molecule has 0 aliphatic heterocycles. The van der Waals surface area contributed by atoms with Crippen LogP contribution < -0.4 is 10.9 Å². The van der Waals surface area contributed by atoms with Crippen LogP contribution in [0.25, 0.3) is 32.7 Å². The smallest absolute Gasteiger partial charge is 0.0581 e. The van der Waals surface area contributed by atoms with Gasteiger partial charge in [-0.2, -0.15) is 0 Å². The van der Waals surface area contributed by atoms with Crippen molar-refractivity contribution in [2.24, 2.45) is 5.84 Å². The van der Waals surface area contributed by atoms with Crippen LogP contribution in [0, 0.1) is 0 Å². The zero-order chi connectivity index (χ0) is 18.9. The van der Waals surface area contributed by atoms with Gasteiger partial charge in [-0.05, 0) is 56.9 Å². The summed E-state index contributed by atoms with van der Waals surface area (Å²) in [5, 5.41) is 6.66. The van der Waals surface area contributed by atoms with Crippen LogP contribution in [-0.4, -0.2) is 0 Å². The lowest BCUT2D eigenvalue weighted by atomic mass is 10.0. The standard InChI is InChI=1S/C26H20N2/c27-28(23-15-12-20(13-16-23)19-6-2-1-3-7-19)24-17-14-22-11-10-21-8-4-5-9-25(21)26(22)18-24/h1-18H,27H2. The van der Waals surface area contributed by atoms with Crippen molar-refractivity contribution in [3.05, 3.63) is 109 Å². The van der Waals surface area contributed by atoms with Gasteiger partial charge in [0.25, 0.3) is 0 Å². The zero-order valence-corrected chi connectivity index (χ0v) is 15.4. The summed E-state index contributed by atoms with van der Waals surface area (Å²) in [6.07, 6.45) is 0. The van der Waals surface area contributed by atoms with Gasteiger partial charge in [0, 0.05) is 0 Å². The largest absolute Gasteiger partial charge is 0.280 e. The fourth-order valence-corrected chi connectivity index (χ4v) is 3.73. The van der Waals surface area contributed by atoms with E-state index >= 15 is 0 Å². The summed E-state index contributed by atoms with van der Waals surface area (Å²) in [7, 11) is 0. The molecule has 0 heterocycles. The molecule has 0 aliphatic rings. The molecule has 2 N–H and O–H groups in total. The number of hydrogen-bond acceptors (Lipinski definition) is 2. The van der Waals surface area contributed by atoms with Gasteiger partial charge < -0.3 is 0 Å². The van der Waals surface area contributed by atoms with Crippen molar-refractivity contribution in [3.63, 3.8) is 0 Å². The zero-order valence-electron chi connectivity index (χ0n) is 15.4. The Kier molecular flexibility index (Phi) is 4.04. The van der Waals surface area contributed by atoms with Gasteiger partial charge in [-0.3, -0.25) is 5.01 Å². The Hall–Kier alpha value is -3.62. The third-order valence-electron chi connectivity index (χ3n) is 5.26. The highest BCUT2D eigenvalue weighted by molar-refractivity contribution is 6.08. The average molecular weight is 360 g/mol. The van der Waals surface area contributed by atoms with Crippen LogP contribution in [0.3, 0.4) is 0 Å². The van der Waals surface area contributed by atoms with Gasteiger partial charge in [0.2, 0.25) is 0 Å². The van der Waals surface area contributed by atoms with Crippen LogP contribution in [0.2, 0.25) is 0 Å². The van der Waals surface area contributed by atoms with Gasteiger partial charge in [0.1, 0.15) is 0 Å². The number of hydrogen-bond donors (Lipinski definition) is 1. The number of fused-ring (bicyclic) bond motifs is 3. The maximum Gasteiger partial charge on any atom is 0.0581 e. The summed E-state index contributed by atoms with van der Waals surface area (Å²) in [6.45, 7) is 0. The molecule has 0 spiro atoms. The summed E-state index contributed by atoms with van der Waals surface area (Å²) in [6, 6.07) is 37.9. The molecule has 5 aromatic carbocycles. The highest BCUT2D eigenvalue weighted by Crippen LogP contribution is 2.31. The van der Waals surface area contributed by atoms with Gasteiger partial charge in [0.15, 0.2) is 0 Å². The molecule has 134 valence electrons. The molecule has 2 heteroatoms. The van der Waals surface area contributed by atoms with Crippen molar-refractivity contribution in [2.45, 2.75) is 0 Å². The fourth-order valence-electron chi connectivity index (χ4n) is 3.73. The molecule has 5 aromatic rings. The summed E-state index contributed by atoms with van der Waals surface area (Å²) in [5.41, 5.74) is 4.31. The molecule has 28 heavy (non-hydrogen) atoms. The number of benzene rings is 5. The minimum atomic E-state index is 0.958. The van der Waals surface area contributed by atoms with E-state index in [9.17, 15) is 0 Å². The van der Waals surface area contributed by atoms with Crippen molar-refractivity contribution in [3.8, 4) is 11.1 Å². The Morgan fingerprint density at radius 1 is 0.464 bits per heavy atom. The highest BCUT2D eigenvalue weighted by Gasteiger charge is 2.08. The van der Waals surface area contributed by atoms with Crippen molar-refractivity contribution in [1.29, 1.82) is 0 Å². The molecule has 0 saturated heterocycles. The second-order valence-corrected chi connectivity index (χ2v) is 6.98. The van der Waals surface area contributed by atoms with Gasteiger partial charge in [0.05, 0.1) is 11.4 Å². The van der Waals surface area contributed by atoms with E-state index in [1.807, 2.05) is 6.07 Å². The lowest BCUT2D eigenvalue weighted by Gasteiger charge is -2.20. The Balaban J connectivity index is 1.53. The Bertz CT molecular complexity index is 1260. The average Bonchev–Trinajstić information content (AvgIpc) is 2.79. The van der Waals surface area contributed by atoms with E-state index < -0.39 is 0 Å². The summed E-state index contributed by atoms with van der Waals surface area (Å²) < 4.78 is 0. The first-order valence-electron chi connectivity index (χ1n) is 9.41. The molecule has 5 rings (SSSR count). The van der Waals surface area contributed by atoms with Crippen molar-refractivity contribution in [1.82, 2.24) is 0 Å². The molecule has 0 fully saturated rings. The lowest BCUT2D eigenvalue weighted by molar-refractivity contribution is 1.09. The van der Waals surface area contributed by atoms with E-state index in [2.05, 4.69) is 103 Å². The van der Waals surface area contributed by atoms with Crippen LogP contribution >= 0.6 is 0 Å². The Morgan fingerprint density at radius 3 is 1.82 bits per heavy atom. The molecule has 2 nitrogen and oxygen atoms in total. The van der Waals surface area contributed by atoms with Gasteiger partial charge in [-0.15, -0.1) is 0 Å². The highest BCUT2D eigenvalue weighted by atomic mass is 15.4. The minimum absolute atomic E-state index is 0.958. The van der Waals surface area contributed by atoms with E-state index in [1.165, 1.54) is 32.7 Å². The molecule has 0 atom stereocenters. The Labute approximate surface area is 164 Å². The van der Waals surface area contributed by atoms with Crippen LogP contribution in [0.1, 0.15) is 0 Å². The van der Waals surface area contributed by atoms with E-state index in [-0.39, 0.29) is 0 Å². The normalized spacial score (nSPS) is 11.0. The molecule has 0 aromatic heterocycles. The Morgan fingerprint density at radius 2 is 1.04 bits per heavy atom.